The number of esters is 1. The first-order valence-corrected chi connectivity index (χ1v) is 10.0. The van der Waals surface area contributed by atoms with Gasteiger partial charge in [-0.2, -0.15) is 4.99 Å². The molecule has 0 bridgehead atoms. The fraction of sp³-hybridized carbons (Fsp3) is 0.286. The molecule has 0 saturated heterocycles. The molecule has 0 fully saturated rings. The first-order valence-electron chi connectivity index (χ1n) is 9.19. The van der Waals surface area contributed by atoms with Crippen molar-refractivity contribution in [3.8, 4) is 11.5 Å². The van der Waals surface area contributed by atoms with Crippen LogP contribution in [0.5, 0.6) is 11.5 Å². The molecule has 0 N–H and O–H groups in total. The lowest BCUT2D eigenvalue weighted by molar-refractivity contribution is -0.141. The van der Waals surface area contributed by atoms with Crippen LogP contribution in [0.15, 0.2) is 53.5 Å². The number of aromatic nitrogens is 1. The second kappa shape index (κ2) is 9.88. The Labute approximate surface area is 172 Å². The highest BCUT2D eigenvalue weighted by Gasteiger charge is 2.15. The Hall–Kier alpha value is -3.13. The number of thiazole rings is 1. The molecule has 0 spiro atoms. The standard InChI is InChI=1S/C21H22N2O5S/c1-3-27-16-10-7-11-17-20(16)23(14-19(25)26-2)21(29-17)22-18(24)12-13-28-15-8-5-4-6-9-15/h4-11H,3,12-14H2,1-2H3. The zero-order valence-electron chi connectivity index (χ0n) is 16.3. The second-order valence-corrected chi connectivity index (χ2v) is 7.01. The van der Waals surface area contributed by atoms with E-state index in [2.05, 4.69) is 4.99 Å². The fourth-order valence-electron chi connectivity index (χ4n) is 2.73. The highest BCUT2D eigenvalue weighted by Crippen LogP contribution is 2.27. The summed E-state index contributed by atoms with van der Waals surface area (Å²) in [5, 5.41) is 0. The summed E-state index contributed by atoms with van der Waals surface area (Å²) in [6, 6.07) is 14.9. The van der Waals surface area contributed by atoms with Crippen molar-refractivity contribution in [1.82, 2.24) is 4.57 Å². The van der Waals surface area contributed by atoms with Crippen LogP contribution in [-0.2, 0) is 20.9 Å². The summed E-state index contributed by atoms with van der Waals surface area (Å²) in [4.78, 5) is 29.0. The van der Waals surface area contributed by atoms with Gasteiger partial charge >= 0.3 is 5.97 Å². The van der Waals surface area contributed by atoms with Gasteiger partial charge in [-0.05, 0) is 31.2 Å². The molecule has 0 atom stereocenters. The third-order valence-corrected chi connectivity index (χ3v) is 5.07. The van der Waals surface area contributed by atoms with Gasteiger partial charge in [0, 0.05) is 0 Å². The lowest BCUT2D eigenvalue weighted by Crippen LogP contribution is -2.23. The summed E-state index contributed by atoms with van der Waals surface area (Å²) < 4.78 is 18.6. The van der Waals surface area contributed by atoms with Crippen LogP contribution in [0.25, 0.3) is 10.2 Å². The van der Waals surface area contributed by atoms with Crippen molar-refractivity contribution in [1.29, 1.82) is 0 Å². The summed E-state index contributed by atoms with van der Waals surface area (Å²) >= 11 is 1.32. The Morgan fingerprint density at radius 3 is 2.59 bits per heavy atom. The summed E-state index contributed by atoms with van der Waals surface area (Å²) in [6.07, 6.45) is 0.125. The molecule has 29 heavy (non-hydrogen) atoms. The van der Waals surface area contributed by atoms with Gasteiger partial charge in [-0.3, -0.25) is 9.59 Å². The van der Waals surface area contributed by atoms with Crippen molar-refractivity contribution < 1.29 is 23.8 Å². The third kappa shape index (κ3) is 5.23. The number of benzene rings is 2. The summed E-state index contributed by atoms with van der Waals surface area (Å²) in [6.45, 7) is 2.53. The van der Waals surface area contributed by atoms with Crippen molar-refractivity contribution >= 4 is 33.4 Å². The monoisotopic (exact) mass is 414 g/mol. The first kappa shape index (κ1) is 20.6. The molecule has 0 aliphatic carbocycles. The number of fused-ring (bicyclic) bond motifs is 1. The van der Waals surface area contributed by atoms with Crippen molar-refractivity contribution in [2.45, 2.75) is 19.9 Å². The minimum atomic E-state index is -0.433. The first-order chi connectivity index (χ1) is 14.1. The number of rotatable bonds is 8. The third-order valence-electron chi connectivity index (χ3n) is 4.03. The number of carbonyl (C=O) groups excluding carboxylic acids is 2. The topological polar surface area (TPSA) is 79.1 Å². The average molecular weight is 414 g/mol. The number of hydrogen-bond acceptors (Lipinski definition) is 6. The quantitative estimate of drug-likeness (QED) is 0.529. The van der Waals surface area contributed by atoms with Gasteiger partial charge in [0.15, 0.2) is 4.80 Å². The van der Waals surface area contributed by atoms with Gasteiger partial charge in [-0.1, -0.05) is 35.6 Å². The summed E-state index contributed by atoms with van der Waals surface area (Å²) in [5.41, 5.74) is 0.719. The van der Waals surface area contributed by atoms with E-state index in [4.69, 9.17) is 14.2 Å². The van der Waals surface area contributed by atoms with Gasteiger partial charge in [0.1, 0.15) is 23.6 Å². The Bertz CT molecular complexity index is 1060. The molecule has 2 aromatic carbocycles. The molecule has 1 amide bonds. The number of methoxy groups -OCH3 is 1. The van der Waals surface area contributed by atoms with E-state index in [0.29, 0.717) is 22.9 Å². The molecule has 1 aromatic heterocycles. The highest BCUT2D eigenvalue weighted by atomic mass is 32.1. The molecule has 7 nitrogen and oxygen atoms in total. The van der Waals surface area contributed by atoms with Crippen LogP contribution in [0.2, 0.25) is 0 Å². The number of hydrogen-bond donors (Lipinski definition) is 0. The minimum absolute atomic E-state index is 0.0623. The van der Waals surface area contributed by atoms with Gasteiger partial charge in [-0.25, -0.2) is 0 Å². The molecular weight excluding hydrogens is 392 g/mol. The maximum atomic E-state index is 12.4. The maximum absolute atomic E-state index is 12.4. The van der Waals surface area contributed by atoms with Gasteiger partial charge in [-0.15, -0.1) is 0 Å². The molecule has 0 saturated carbocycles. The zero-order valence-corrected chi connectivity index (χ0v) is 17.1. The van der Waals surface area contributed by atoms with E-state index in [1.54, 1.807) is 4.57 Å². The molecule has 0 aliphatic rings. The molecule has 1 heterocycles. The van der Waals surface area contributed by atoms with Gasteiger partial charge < -0.3 is 18.8 Å². The Kier molecular flexibility index (Phi) is 7.02. The van der Waals surface area contributed by atoms with E-state index in [1.165, 1.54) is 18.4 Å². The lowest BCUT2D eigenvalue weighted by atomic mass is 10.3. The van der Waals surface area contributed by atoms with Crippen LogP contribution < -0.4 is 14.3 Å². The molecule has 0 aliphatic heterocycles. The fourth-order valence-corrected chi connectivity index (χ4v) is 3.79. The van der Waals surface area contributed by atoms with E-state index < -0.39 is 5.97 Å². The van der Waals surface area contributed by atoms with Gasteiger partial charge in [0.2, 0.25) is 0 Å². The normalized spacial score (nSPS) is 11.4. The van der Waals surface area contributed by atoms with E-state index in [1.807, 2.05) is 55.5 Å². The lowest BCUT2D eigenvalue weighted by Gasteiger charge is -2.08. The Balaban J connectivity index is 1.88. The predicted molar refractivity (Wildman–Crippen MR) is 110 cm³/mol. The summed E-state index contributed by atoms with van der Waals surface area (Å²) in [7, 11) is 1.32. The van der Waals surface area contributed by atoms with Crippen LogP contribution in [0.4, 0.5) is 0 Å². The Morgan fingerprint density at radius 2 is 1.86 bits per heavy atom. The van der Waals surface area contributed by atoms with Crippen molar-refractivity contribution in [2.75, 3.05) is 20.3 Å². The SMILES string of the molecule is CCOc1cccc2sc(=NC(=O)CCOc3ccccc3)n(CC(=O)OC)c12. The average Bonchev–Trinajstić information content (AvgIpc) is 3.06. The predicted octanol–water partition coefficient (Wildman–Crippen LogP) is 3.17. The van der Waals surface area contributed by atoms with Crippen molar-refractivity contribution in [3.63, 3.8) is 0 Å². The minimum Gasteiger partial charge on any atom is -0.493 e. The molecule has 152 valence electrons. The largest absolute Gasteiger partial charge is 0.493 e. The van der Waals surface area contributed by atoms with Crippen molar-refractivity contribution in [2.24, 2.45) is 4.99 Å². The van der Waals surface area contributed by atoms with Gasteiger partial charge in [0.25, 0.3) is 5.91 Å². The van der Waals surface area contributed by atoms with Crippen LogP contribution in [0.3, 0.4) is 0 Å². The molecule has 3 aromatic rings. The van der Waals surface area contributed by atoms with Crippen LogP contribution in [0, 0.1) is 0 Å². The molecule has 0 unspecified atom stereocenters. The number of ether oxygens (including phenoxy) is 3. The van der Waals surface area contributed by atoms with Crippen LogP contribution in [0.1, 0.15) is 13.3 Å². The number of amides is 1. The second-order valence-electron chi connectivity index (χ2n) is 6.00. The smallest absolute Gasteiger partial charge is 0.325 e. The highest BCUT2D eigenvalue weighted by molar-refractivity contribution is 7.16. The van der Waals surface area contributed by atoms with Crippen LogP contribution >= 0.6 is 11.3 Å². The van der Waals surface area contributed by atoms with E-state index in [-0.39, 0.29) is 25.5 Å². The van der Waals surface area contributed by atoms with Crippen LogP contribution in [-0.4, -0.2) is 36.8 Å². The molecule has 8 heteroatoms. The maximum Gasteiger partial charge on any atom is 0.325 e. The zero-order chi connectivity index (χ0) is 20.6. The van der Waals surface area contributed by atoms with E-state index >= 15 is 0 Å². The van der Waals surface area contributed by atoms with E-state index in [0.717, 1.165) is 10.2 Å². The number of para-hydroxylation sites is 2. The molecule has 3 rings (SSSR count). The van der Waals surface area contributed by atoms with Crippen molar-refractivity contribution in [3.05, 3.63) is 53.3 Å². The number of carbonyl (C=O) groups is 2. The van der Waals surface area contributed by atoms with Gasteiger partial charge in [0.05, 0.1) is 31.4 Å². The number of nitrogens with zero attached hydrogens (tertiary/aromatic N) is 2. The summed E-state index contributed by atoms with van der Waals surface area (Å²) in [5.74, 6) is 0.567. The van der Waals surface area contributed by atoms with E-state index in [9.17, 15) is 9.59 Å². The Morgan fingerprint density at radius 1 is 1.07 bits per heavy atom. The molecule has 0 radical (unpaired) electrons. The molecular formula is C21H22N2O5S.